The molecule has 1 aromatic heterocycles. The molecule has 0 saturated heterocycles. The summed E-state index contributed by atoms with van der Waals surface area (Å²) < 4.78 is 0. The van der Waals surface area contributed by atoms with Gasteiger partial charge in [-0.3, -0.25) is 0 Å². The van der Waals surface area contributed by atoms with Crippen LogP contribution in [0.15, 0.2) is 23.7 Å². The van der Waals surface area contributed by atoms with Crippen LogP contribution in [0.3, 0.4) is 0 Å². The molecule has 0 spiro atoms. The highest BCUT2D eigenvalue weighted by Crippen LogP contribution is 2.45. The highest BCUT2D eigenvalue weighted by molar-refractivity contribution is 7.16. The number of nitrogens with zero attached hydrogens (tertiary/aromatic N) is 2. The Labute approximate surface area is 111 Å². The van der Waals surface area contributed by atoms with E-state index in [-0.39, 0.29) is 5.41 Å². The maximum Gasteiger partial charge on any atom is 0.180 e. The number of hydrogen-bond acceptors (Lipinski definition) is 4. The molecular weight excluding hydrogens is 244 g/mol. The van der Waals surface area contributed by atoms with Crippen molar-refractivity contribution in [1.82, 2.24) is 4.98 Å². The van der Waals surface area contributed by atoms with E-state index in [1.54, 1.807) is 6.08 Å². The Hall–Kier alpha value is -1.62. The van der Waals surface area contributed by atoms with Crippen molar-refractivity contribution in [3.8, 4) is 0 Å². The van der Waals surface area contributed by atoms with Crippen LogP contribution in [0, 0.1) is 12.3 Å². The molecule has 1 aliphatic carbocycles. The van der Waals surface area contributed by atoms with Crippen molar-refractivity contribution in [2.45, 2.75) is 26.7 Å². The number of nitrogens with two attached hydrogens (primary N) is 2. The third kappa shape index (κ3) is 2.46. The average Bonchev–Trinajstić information content (AvgIpc) is 2.96. The Kier molecular flexibility index (Phi) is 3.26. The van der Waals surface area contributed by atoms with Crippen LogP contribution in [-0.4, -0.2) is 10.8 Å². The van der Waals surface area contributed by atoms with Crippen LogP contribution < -0.4 is 11.5 Å². The molecule has 0 aliphatic heterocycles. The second kappa shape index (κ2) is 4.57. The van der Waals surface area contributed by atoms with Crippen LogP contribution in [0.5, 0.6) is 0 Å². The van der Waals surface area contributed by atoms with E-state index in [0.717, 1.165) is 29.1 Å². The average molecular weight is 262 g/mol. The van der Waals surface area contributed by atoms with E-state index >= 15 is 0 Å². The normalized spacial score (nSPS) is 18.8. The topological polar surface area (TPSA) is 77.3 Å². The molecule has 2 rings (SSSR count). The fourth-order valence-corrected chi connectivity index (χ4v) is 2.44. The van der Waals surface area contributed by atoms with Gasteiger partial charge >= 0.3 is 0 Å². The number of hydrogen-bond donors (Lipinski definition) is 2. The Bertz CT molecular complexity index is 535. The number of thiazole rings is 1. The van der Waals surface area contributed by atoms with Gasteiger partial charge in [-0.25, -0.2) is 9.98 Å². The zero-order valence-corrected chi connectivity index (χ0v) is 11.5. The fraction of sp³-hybridized carbons (Fsp3) is 0.385. The van der Waals surface area contributed by atoms with E-state index in [4.69, 9.17) is 11.5 Å². The van der Waals surface area contributed by atoms with Gasteiger partial charge in [0, 0.05) is 5.41 Å². The summed E-state index contributed by atoms with van der Waals surface area (Å²) in [5.74, 6) is 0.682. The lowest BCUT2D eigenvalue weighted by Gasteiger charge is -2.08. The minimum Gasteiger partial charge on any atom is -0.387 e. The number of rotatable bonds is 4. The summed E-state index contributed by atoms with van der Waals surface area (Å²) in [4.78, 5) is 9.71. The molecule has 0 atom stereocenters. The van der Waals surface area contributed by atoms with Crippen LogP contribution in [0.25, 0.3) is 5.70 Å². The van der Waals surface area contributed by atoms with Gasteiger partial charge in [-0.15, -0.1) is 0 Å². The monoisotopic (exact) mass is 262 g/mol. The molecular formula is C13H18N4S. The summed E-state index contributed by atoms with van der Waals surface area (Å²) in [5.41, 5.74) is 13.5. The van der Waals surface area contributed by atoms with Crippen molar-refractivity contribution in [2.75, 3.05) is 5.73 Å². The van der Waals surface area contributed by atoms with E-state index in [2.05, 4.69) is 23.5 Å². The summed E-state index contributed by atoms with van der Waals surface area (Å²) in [6, 6.07) is 0. The van der Waals surface area contributed by atoms with Crippen LogP contribution in [-0.2, 0) is 0 Å². The third-order valence-corrected chi connectivity index (χ3v) is 4.19. The van der Waals surface area contributed by atoms with E-state index < -0.39 is 0 Å². The SMILES string of the molecule is C=C/C=C(\N=C(/N)C1(C)CC1)c1sc(N)nc1C. The molecule has 0 bridgehead atoms. The molecule has 1 aliphatic rings. The molecule has 96 valence electrons. The molecule has 18 heavy (non-hydrogen) atoms. The van der Waals surface area contributed by atoms with Gasteiger partial charge in [-0.1, -0.05) is 30.9 Å². The van der Waals surface area contributed by atoms with Gasteiger partial charge < -0.3 is 11.5 Å². The minimum absolute atomic E-state index is 0.0738. The van der Waals surface area contributed by atoms with Gasteiger partial charge in [0.25, 0.3) is 0 Å². The minimum atomic E-state index is 0.0738. The Morgan fingerprint density at radius 2 is 2.22 bits per heavy atom. The van der Waals surface area contributed by atoms with E-state index in [1.165, 1.54) is 11.3 Å². The van der Waals surface area contributed by atoms with Crippen LogP contribution in [0.2, 0.25) is 0 Å². The quantitative estimate of drug-likeness (QED) is 0.497. The first kappa shape index (κ1) is 12.8. The number of amidine groups is 1. The molecule has 4 N–H and O–H groups in total. The lowest BCUT2D eigenvalue weighted by molar-refractivity contribution is 0.793. The number of aromatic nitrogens is 1. The maximum atomic E-state index is 6.07. The van der Waals surface area contributed by atoms with Crippen molar-refractivity contribution in [3.63, 3.8) is 0 Å². The van der Waals surface area contributed by atoms with Crippen molar-refractivity contribution in [2.24, 2.45) is 16.1 Å². The number of aliphatic imine (C=N–C) groups is 1. The summed E-state index contributed by atoms with van der Waals surface area (Å²) in [7, 11) is 0. The van der Waals surface area contributed by atoms with E-state index in [0.29, 0.717) is 11.0 Å². The zero-order chi connectivity index (χ0) is 13.3. The molecule has 1 heterocycles. The number of nitrogen functional groups attached to an aromatic ring is 1. The van der Waals surface area contributed by atoms with Gasteiger partial charge in [0.1, 0.15) is 5.84 Å². The molecule has 1 fully saturated rings. The van der Waals surface area contributed by atoms with Gasteiger partial charge in [-0.2, -0.15) is 0 Å². The largest absolute Gasteiger partial charge is 0.387 e. The standard InChI is InChI=1S/C13H18N4S/c1-4-5-9(10-8(2)16-12(15)18-10)17-11(14)13(3)6-7-13/h4-5H,1,6-7H2,2-3H3,(H2,14,17)(H2,15,16)/b9-5-. The first-order chi connectivity index (χ1) is 8.46. The van der Waals surface area contributed by atoms with Crippen molar-refractivity contribution >= 4 is 28.0 Å². The highest BCUT2D eigenvalue weighted by Gasteiger charge is 2.41. The lowest BCUT2D eigenvalue weighted by atomic mass is 10.1. The molecule has 1 saturated carbocycles. The first-order valence-corrected chi connectivity index (χ1v) is 6.68. The summed E-state index contributed by atoms with van der Waals surface area (Å²) in [5, 5.41) is 0.545. The number of anilines is 1. The van der Waals surface area contributed by atoms with Gasteiger partial charge in [0.05, 0.1) is 16.3 Å². The van der Waals surface area contributed by atoms with Crippen LogP contribution in [0.4, 0.5) is 5.13 Å². The van der Waals surface area contributed by atoms with E-state index in [9.17, 15) is 0 Å². The summed E-state index contributed by atoms with van der Waals surface area (Å²) >= 11 is 1.42. The second-order valence-electron chi connectivity index (χ2n) is 4.81. The van der Waals surface area contributed by atoms with Crippen molar-refractivity contribution < 1.29 is 0 Å². The lowest BCUT2D eigenvalue weighted by Crippen LogP contribution is -2.22. The van der Waals surface area contributed by atoms with Crippen LogP contribution >= 0.6 is 11.3 Å². The van der Waals surface area contributed by atoms with Gasteiger partial charge in [-0.05, 0) is 25.8 Å². The van der Waals surface area contributed by atoms with Gasteiger partial charge in [0.2, 0.25) is 0 Å². The molecule has 0 aromatic carbocycles. The molecule has 0 amide bonds. The summed E-state index contributed by atoms with van der Waals surface area (Å²) in [6.45, 7) is 7.76. The molecule has 5 heteroatoms. The first-order valence-electron chi connectivity index (χ1n) is 5.87. The smallest absolute Gasteiger partial charge is 0.180 e. The fourth-order valence-electron chi connectivity index (χ4n) is 1.64. The summed E-state index contributed by atoms with van der Waals surface area (Å²) in [6.07, 6.45) is 5.76. The Morgan fingerprint density at radius 3 is 2.67 bits per heavy atom. The molecule has 4 nitrogen and oxygen atoms in total. The Balaban J connectivity index is 2.38. The van der Waals surface area contributed by atoms with E-state index in [1.807, 2.05) is 13.0 Å². The molecule has 0 radical (unpaired) electrons. The molecule has 0 unspecified atom stereocenters. The zero-order valence-electron chi connectivity index (χ0n) is 10.7. The van der Waals surface area contributed by atoms with Crippen molar-refractivity contribution in [3.05, 3.63) is 29.3 Å². The molecule has 1 aromatic rings. The van der Waals surface area contributed by atoms with Gasteiger partial charge in [0.15, 0.2) is 5.13 Å². The van der Waals surface area contributed by atoms with Crippen LogP contribution in [0.1, 0.15) is 30.3 Å². The highest BCUT2D eigenvalue weighted by atomic mass is 32.1. The number of aryl methyl sites for hydroxylation is 1. The second-order valence-corrected chi connectivity index (χ2v) is 5.84. The predicted octanol–water partition coefficient (Wildman–Crippen LogP) is 2.72. The number of allylic oxidation sites excluding steroid dienone is 2. The van der Waals surface area contributed by atoms with Crippen molar-refractivity contribution in [1.29, 1.82) is 0 Å². The predicted molar refractivity (Wildman–Crippen MR) is 78.4 cm³/mol. The maximum absolute atomic E-state index is 6.07. The third-order valence-electron chi connectivity index (χ3n) is 3.18. The Morgan fingerprint density at radius 1 is 1.56 bits per heavy atom.